The Morgan fingerprint density at radius 2 is 1.68 bits per heavy atom. The van der Waals surface area contributed by atoms with E-state index in [1.807, 2.05) is 24.3 Å². The van der Waals surface area contributed by atoms with Gasteiger partial charge in [-0.3, -0.25) is 0 Å². The lowest BCUT2D eigenvalue weighted by Crippen LogP contribution is -2.58. The number of esters is 1. The standard InChI is InChI=1S/C22H28O3/c1-4-15-5-7-20(8-6-15)24-14(2)21(23)25-22(3)18-10-16-9-17(12-18)13-19(22)11-16/h4-8,14,16-19H,1,9-13H2,2-3H3. The second kappa shape index (κ2) is 6.19. The zero-order chi connectivity index (χ0) is 17.6. The average Bonchev–Trinajstić information content (AvgIpc) is 2.60. The summed E-state index contributed by atoms with van der Waals surface area (Å²) in [5, 5.41) is 0. The summed E-state index contributed by atoms with van der Waals surface area (Å²) in [5.74, 6) is 3.25. The molecule has 1 unspecified atom stereocenters. The Morgan fingerprint density at radius 1 is 1.12 bits per heavy atom. The van der Waals surface area contributed by atoms with Gasteiger partial charge < -0.3 is 9.47 Å². The molecule has 0 aliphatic heterocycles. The molecule has 25 heavy (non-hydrogen) atoms. The number of ether oxygens (including phenoxy) is 2. The van der Waals surface area contributed by atoms with Crippen LogP contribution in [0.2, 0.25) is 0 Å². The Morgan fingerprint density at radius 3 is 2.20 bits per heavy atom. The van der Waals surface area contributed by atoms with Crippen molar-refractivity contribution >= 4 is 12.0 Å². The van der Waals surface area contributed by atoms with Gasteiger partial charge in [0.1, 0.15) is 11.4 Å². The zero-order valence-corrected chi connectivity index (χ0v) is 15.2. The maximum atomic E-state index is 12.7. The van der Waals surface area contributed by atoms with Gasteiger partial charge in [0.2, 0.25) is 0 Å². The van der Waals surface area contributed by atoms with Crippen LogP contribution >= 0.6 is 0 Å². The fourth-order valence-corrected chi connectivity index (χ4v) is 5.52. The second-order valence-corrected chi connectivity index (χ2v) is 8.44. The first-order valence-corrected chi connectivity index (χ1v) is 9.60. The first kappa shape index (κ1) is 16.7. The molecular weight excluding hydrogens is 312 g/mol. The van der Waals surface area contributed by atoms with Gasteiger partial charge in [-0.15, -0.1) is 0 Å². The maximum absolute atomic E-state index is 12.7. The predicted molar refractivity (Wildman–Crippen MR) is 98.2 cm³/mol. The van der Waals surface area contributed by atoms with Crippen molar-refractivity contribution in [2.45, 2.75) is 57.7 Å². The molecule has 0 aromatic heterocycles. The molecule has 4 bridgehead atoms. The summed E-state index contributed by atoms with van der Waals surface area (Å²) in [7, 11) is 0. The normalized spacial score (nSPS) is 36.7. The highest BCUT2D eigenvalue weighted by atomic mass is 16.6. The molecule has 0 amide bonds. The summed E-state index contributed by atoms with van der Waals surface area (Å²) in [5.41, 5.74) is 0.734. The Balaban J connectivity index is 1.41. The van der Waals surface area contributed by atoms with Gasteiger partial charge in [-0.05, 0) is 87.3 Å². The fourth-order valence-electron chi connectivity index (χ4n) is 5.52. The lowest BCUT2D eigenvalue weighted by molar-refractivity contribution is -0.208. The van der Waals surface area contributed by atoms with E-state index < -0.39 is 6.10 Å². The third-order valence-electron chi connectivity index (χ3n) is 6.84. The van der Waals surface area contributed by atoms with Crippen LogP contribution in [0.4, 0.5) is 0 Å². The Kier molecular flexibility index (Phi) is 4.13. The minimum absolute atomic E-state index is 0.234. The molecule has 0 spiro atoms. The van der Waals surface area contributed by atoms with Crippen LogP contribution < -0.4 is 4.74 Å². The van der Waals surface area contributed by atoms with E-state index in [0.717, 1.165) is 17.4 Å². The summed E-state index contributed by atoms with van der Waals surface area (Å²) in [6.45, 7) is 7.69. The highest BCUT2D eigenvalue weighted by molar-refractivity contribution is 5.75. The van der Waals surface area contributed by atoms with Crippen LogP contribution in [0.1, 0.15) is 51.5 Å². The molecule has 0 radical (unpaired) electrons. The molecule has 3 heteroatoms. The minimum Gasteiger partial charge on any atom is -0.479 e. The van der Waals surface area contributed by atoms with Gasteiger partial charge in [-0.1, -0.05) is 24.8 Å². The molecule has 1 atom stereocenters. The summed E-state index contributed by atoms with van der Waals surface area (Å²) in [4.78, 5) is 12.7. The van der Waals surface area contributed by atoms with Gasteiger partial charge in [0.05, 0.1) is 0 Å². The third-order valence-corrected chi connectivity index (χ3v) is 6.84. The largest absolute Gasteiger partial charge is 0.479 e. The summed E-state index contributed by atoms with van der Waals surface area (Å²) < 4.78 is 11.9. The molecule has 3 nitrogen and oxygen atoms in total. The molecule has 0 N–H and O–H groups in total. The summed E-state index contributed by atoms with van der Waals surface area (Å²) >= 11 is 0. The first-order chi connectivity index (χ1) is 12.0. The first-order valence-electron chi connectivity index (χ1n) is 9.60. The van der Waals surface area contributed by atoms with Crippen molar-refractivity contribution in [2.75, 3.05) is 0 Å². The van der Waals surface area contributed by atoms with E-state index in [9.17, 15) is 4.79 Å². The van der Waals surface area contributed by atoms with Gasteiger partial charge in [-0.2, -0.15) is 0 Å². The number of carbonyl (C=O) groups is 1. The number of hydrogen-bond acceptors (Lipinski definition) is 3. The molecular formula is C22H28O3. The summed E-state index contributed by atoms with van der Waals surface area (Å²) in [6.07, 6.45) is 7.52. The number of rotatable bonds is 5. The van der Waals surface area contributed by atoms with Gasteiger partial charge in [0, 0.05) is 0 Å². The van der Waals surface area contributed by atoms with Crippen LogP contribution in [0, 0.1) is 23.7 Å². The zero-order valence-electron chi connectivity index (χ0n) is 15.2. The lowest BCUT2D eigenvalue weighted by atomic mass is 9.50. The molecule has 4 aliphatic carbocycles. The molecule has 4 aliphatic rings. The highest BCUT2D eigenvalue weighted by Gasteiger charge is 2.57. The van der Waals surface area contributed by atoms with E-state index in [4.69, 9.17) is 9.47 Å². The van der Waals surface area contributed by atoms with Gasteiger partial charge in [-0.25, -0.2) is 4.79 Å². The SMILES string of the molecule is C=Cc1ccc(OC(C)C(=O)OC2(C)C3CC4CC(C3)CC2C4)cc1. The van der Waals surface area contributed by atoms with Gasteiger partial charge in [0.15, 0.2) is 6.10 Å². The minimum atomic E-state index is -0.594. The van der Waals surface area contributed by atoms with Crippen LogP contribution in [0.3, 0.4) is 0 Å². The van der Waals surface area contributed by atoms with Crippen LogP contribution in [-0.2, 0) is 9.53 Å². The van der Waals surface area contributed by atoms with Crippen molar-refractivity contribution < 1.29 is 14.3 Å². The maximum Gasteiger partial charge on any atom is 0.347 e. The number of benzene rings is 1. The van der Waals surface area contributed by atoms with E-state index in [1.54, 1.807) is 13.0 Å². The lowest BCUT2D eigenvalue weighted by Gasteiger charge is -2.59. The molecule has 0 saturated heterocycles. The molecule has 1 aromatic rings. The number of hydrogen-bond donors (Lipinski definition) is 0. The van der Waals surface area contributed by atoms with E-state index in [-0.39, 0.29) is 11.6 Å². The van der Waals surface area contributed by atoms with Crippen molar-refractivity contribution in [1.29, 1.82) is 0 Å². The van der Waals surface area contributed by atoms with Crippen molar-refractivity contribution in [3.8, 4) is 5.75 Å². The molecule has 4 saturated carbocycles. The van der Waals surface area contributed by atoms with E-state index in [1.165, 1.54) is 32.1 Å². The number of carbonyl (C=O) groups excluding carboxylic acids is 1. The van der Waals surface area contributed by atoms with Crippen molar-refractivity contribution in [3.05, 3.63) is 36.4 Å². The van der Waals surface area contributed by atoms with Crippen LogP contribution in [0.25, 0.3) is 6.08 Å². The fraction of sp³-hybridized carbons (Fsp3) is 0.591. The average molecular weight is 340 g/mol. The molecule has 4 fully saturated rings. The van der Waals surface area contributed by atoms with Gasteiger partial charge >= 0.3 is 5.97 Å². The third kappa shape index (κ3) is 2.98. The Bertz CT molecular complexity index is 632. The van der Waals surface area contributed by atoms with Crippen molar-refractivity contribution in [2.24, 2.45) is 23.7 Å². The van der Waals surface area contributed by atoms with Crippen LogP contribution in [-0.4, -0.2) is 17.7 Å². The molecule has 0 heterocycles. The smallest absolute Gasteiger partial charge is 0.347 e. The van der Waals surface area contributed by atoms with Crippen LogP contribution in [0.15, 0.2) is 30.8 Å². The Hall–Kier alpha value is -1.77. The van der Waals surface area contributed by atoms with Gasteiger partial charge in [0.25, 0.3) is 0 Å². The predicted octanol–water partition coefficient (Wildman–Crippen LogP) is 4.85. The van der Waals surface area contributed by atoms with Crippen LogP contribution in [0.5, 0.6) is 5.75 Å². The molecule has 5 rings (SSSR count). The monoisotopic (exact) mass is 340 g/mol. The van der Waals surface area contributed by atoms with Crippen molar-refractivity contribution in [1.82, 2.24) is 0 Å². The highest BCUT2D eigenvalue weighted by Crippen LogP contribution is 2.59. The van der Waals surface area contributed by atoms with E-state index >= 15 is 0 Å². The van der Waals surface area contributed by atoms with E-state index in [2.05, 4.69) is 13.5 Å². The molecule has 134 valence electrons. The Labute approximate surface area is 150 Å². The van der Waals surface area contributed by atoms with E-state index in [0.29, 0.717) is 17.6 Å². The molecule has 1 aromatic carbocycles. The second-order valence-electron chi connectivity index (χ2n) is 8.44. The topological polar surface area (TPSA) is 35.5 Å². The summed E-state index contributed by atoms with van der Waals surface area (Å²) in [6, 6.07) is 7.59. The quantitative estimate of drug-likeness (QED) is 0.719. The van der Waals surface area contributed by atoms with Crippen molar-refractivity contribution in [3.63, 3.8) is 0 Å².